The lowest BCUT2D eigenvalue weighted by atomic mass is 10.1. The number of nitrogens with one attached hydrogen (secondary N) is 2. The van der Waals surface area contributed by atoms with E-state index in [0.29, 0.717) is 11.4 Å². The highest BCUT2D eigenvalue weighted by Gasteiger charge is 2.39. The number of benzene rings is 3. The van der Waals surface area contributed by atoms with Crippen LogP contribution in [0, 0.1) is 0 Å². The number of carbonyl (C=O) groups excluding carboxylic acids is 4. The zero-order chi connectivity index (χ0) is 25.1. The predicted molar refractivity (Wildman–Crippen MR) is 129 cm³/mol. The third-order valence-electron chi connectivity index (χ3n) is 5.05. The topological polar surface area (TPSA) is 125 Å². The molecule has 0 atom stereocenters. The molecule has 0 aromatic heterocycles. The molecule has 4 rings (SSSR count). The van der Waals surface area contributed by atoms with E-state index in [0.717, 1.165) is 4.90 Å². The number of carbonyl (C=O) groups is 4. The Labute approximate surface area is 204 Å². The highest BCUT2D eigenvalue weighted by Crippen LogP contribution is 2.31. The Morgan fingerprint density at radius 1 is 0.886 bits per heavy atom. The summed E-state index contributed by atoms with van der Waals surface area (Å²) in [6, 6.07) is 18.2. The molecule has 9 nitrogen and oxygen atoms in total. The second kappa shape index (κ2) is 9.70. The molecular formula is C25H18ClN3O6. The number of amides is 3. The normalized spacial score (nSPS) is 13.1. The molecule has 0 fully saturated rings. The second-order valence-corrected chi connectivity index (χ2v) is 7.76. The van der Waals surface area contributed by atoms with Gasteiger partial charge in [0.05, 0.1) is 18.4 Å². The molecule has 0 saturated heterocycles. The van der Waals surface area contributed by atoms with Crippen molar-refractivity contribution in [2.75, 3.05) is 22.6 Å². The summed E-state index contributed by atoms with van der Waals surface area (Å²) in [5.41, 5.74) is 1.14. The Morgan fingerprint density at radius 2 is 1.57 bits per heavy atom. The number of methoxy groups -OCH3 is 1. The molecule has 0 bridgehead atoms. The van der Waals surface area contributed by atoms with Crippen LogP contribution in [-0.4, -0.2) is 35.9 Å². The first-order valence-electron chi connectivity index (χ1n) is 10.2. The first-order valence-corrected chi connectivity index (χ1v) is 10.6. The van der Waals surface area contributed by atoms with E-state index in [9.17, 15) is 24.3 Å². The summed E-state index contributed by atoms with van der Waals surface area (Å²) in [5.74, 6) is -2.56. The summed E-state index contributed by atoms with van der Waals surface area (Å²) in [6.45, 7) is 0. The van der Waals surface area contributed by atoms with E-state index in [-0.39, 0.29) is 33.3 Å². The van der Waals surface area contributed by atoms with Gasteiger partial charge in [-0.3, -0.25) is 14.4 Å². The standard InChI is InChI=1S/C25H18ClN3O6/c1-35-25(34)15-6-3-9-18(12-15)29-23(32)20(26)21(24(29)33)27-16-7-2-5-14(11-16)22(31)28-17-8-4-10-19(30)13-17/h2-13,27,30H,1H3,(H,28,31). The van der Waals surface area contributed by atoms with Gasteiger partial charge in [0.15, 0.2) is 0 Å². The van der Waals surface area contributed by atoms with Crippen molar-refractivity contribution >= 4 is 52.4 Å². The van der Waals surface area contributed by atoms with Gasteiger partial charge in [0.1, 0.15) is 16.5 Å². The van der Waals surface area contributed by atoms with Crippen molar-refractivity contribution in [1.29, 1.82) is 0 Å². The minimum atomic E-state index is -0.765. The van der Waals surface area contributed by atoms with Crippen molar-refractivity contribution in [3.05, 3.63) is 94.7 Å². The number of rotatable bonds is 6. The molecule has 0 unspecified atom stereocenters. The van der Waals surface area contributed by atoms with Crippen LogP contribution in [0.5, 0.6) is 5.75 Å². The Kier molecular flexibility index (Phi) is 6.52. The van der Waals surface area contributed by atoms with Crippen molar-refractivity contribution < 1.29 is 29.0 Å². The van der Waals surface area contributed by atoms with Gasteiger partial charge in [0.2, 0.25) is 0 Å². The molecule has 0 aliphatic carbocycles. The van der Waals surface area contributed by atoms with Crippen molar-refractivity contribution in [2.24, 2.45) is 0 Å². The van der Waals surface area contributed by atoms with Crippen molar-refractivity contribution in [1.82, 2.24) is 0 Å². The number of anilines is 3. The number of hydrogen-bond acceptors (Lipinski definition) is 7. The van der Waals surface area contributed by atoms with Crippen LogP contribution in [0.15, 0.2) is 83.5 Å². The lowest BCUT2D eigenvalue weighted by Gasteiger charge is -2.16. The monoisotopic (exact) mass is 491 g/mol. The third-order valence-corrected chi connectivity index (χ3v) is 5.40. The maximum atomic E-state index is 13.1. The lowest BCUT2D eigenvalue weighted by molar-refractivity contribution is -0.120. The summed E-state index contributed by atoms with van der Waals surface area (Å²) >= 11 is 6.18. The Balaban J connectivity index is 1.55. The van der Waals surface area contributed by atoms with Gasteiger partial charge >= 0.3 is 5.97 Å². The molecule has 1 aliphatic heterocycles. The molecule has 35 heavy (non-hydrogen) atoms. The SMILES string of the molecule is COC(=O)c1cccc(N2C(=O)C(Cl)=C(Nc3cccc(C(=O)Nc4cccc(O)c4)c3)C2=O)c1. The van der Waals surface area contributed by atoms with Crippen LogP contribution in [0.1, 0.15) is 20.7 Å². The molecule has 0 radical (unpaired) electrons. The molecule has 3 aromatic rings. The third kappa shape index (κ3) is 4.85. The summed E-state index contributed by atoms with van der Waals surface area (Å²) in [7, 11) is 1.22. The van der Waals surface area contributed by atoms with E-state index in [1.165, 1.54) is 49.6 Å². The van der Waals surface area contributed by atoms with Crippen LogP contribution in [-0.2, 0) is 14.3 Å². The van der Waals surface area contributed by atoms with Crippen LogP contribution in [0.25, 0.3) is 0 Å². The van der Waals surface area contributed by atoms with Gasteiger partial charge in [0.25, 0.3) is 17.7 Å². The summed E-state index contributed by atoms with van der Waals surface area (Å²) < 4.78 is 4.68. The summed E-state index contributed by atoms with van der Waals surface area (Å²) in [4.78, 5) is 51.1. The van der Waals surface area contributed by atoms with Gasteiger partial charge in [0, 0.05) is 23.0 Å². The van der Waals surface area contributed by atoms with Crippen molar-refractivity contribution in [2.45, 2.75) is 0 Å². The minimum Gasteiger partial charge on any atom is -0.508 e. The number of imide groups is 1. The quantitative estimate of drug-likeness (QED) is 0.353. The molecule has 3 N–H and O–H groups in total. The van der Waals surface area contributed by atoms with Gasteiger partial charge in [-0.25, -0.2) is 9.69 Å². The van der Waals surface area contributed by atoms with Gasteiger partial charge in [-0.2, -0.15) is 0 Å². The Hall–Kier alpha value is -4.63. The number of phenolic OH excluding ortho intramolecular Hbond substituents is 1. The highest BCUT2D eigenvalue weighted by atomic mass is 35.5. The van der Waals surface area contributed by atoms with Gasteiger partial charge in [-0.15, -0.1) is 0 Å². The highest BCUT2D eigenvalue weighted by molar-refractivity contribution is 6.53. The second-order valence-electron chi connectivity index (χ2n) is 7.39. The van der Waals surface area contributed by atoms with Crippen LogP contribution in [0.2, 0.25) is 0 Å². The molecule has 0 spiro atoms. The van der Waals surface area contributed by atoms with Gasteiger partial charge in [-0.1, -0.05) is 29.8 Å². The molecule has 0 saturated carbocycles. The average Bonchev–Trinajstić information content (AvgIpc) is 3.06. The number of nitrogens with zero attached hydrogens (tertiary/aromatic N) is 1. The number of esters is 1. The number of phenols is 1. The first kappa shape index (κ1) is 23.5. The zero-order valence-corrected chi connectivity index (χ0v) is 19.0. The van der Waals surface area contributed by atoms with Crippen molar-refractivity contribution in [3.8, 4) is 5.75 Å². The van der Waals surface area contributed by atoms with E-state index in [2.05, 4.69) is 15.4 Å². The molecule has 1 aliphatic rings. The van der Waals surface area contributed by atoms with Gasteiger partial charge < -0.3 is 20.5 Å². The van der Waals surface area contributed by atoms with E-state index in [1.54, 1.807) is 30.3 Å². The van der Waals surface area contributed by atoms with E-state index in [1.807, 2.05) is 0 Å². The fourth-order valence-corrected chi connectivity index (χ4v) is 3.62. The summed E-state index contributed by atoms with van der Waals surface area (Å²) in [5, 5.41) is 14.7. The smallest absolute Gasteiger partial charge is 0.337 e. The maximum Gasteiger partial charge on any atom is 0.337 e. The Bertz CT molecular complexity index is 1400. The maximum absolute atomic E-state index is 13.1. The number of halogens is 1. The van der Waals surface area contributed by atoms with Gasteiger partial charge in [-0.05, 0) is 48.5 Å². The minimum absolute atomic E-state index is 0.00545. The van der Waals surface area contributed by atoms with E-state index >= 15 is 0 Å². The Morgan fingerprint density at radius 3 is 2.31 bits per heavy atom. The van der Waals surface area contributed by atoms with Crippen LogP contribution >= 0.6 is 11.6 Å². The van der Waals surface area contributed by atoms with E-state index < -0.39 is 23.7 Å². The summed E-state index contributed by atoms with van der Waals surface area (Å²) in [6.07, 6.45) is 0. The number of ether oxygens (including phenoxy) is 1. The largest absolute Gasteiger partial charge is 0.508 e. The van der Waals surface area contributed by atoms with Crippen LogP contribution in [0.4, 0.5) is 17.1 Å². The van der Waals surface area contributed by atoms with Crippen molar-refractivity contribution in [3.63, 3.8) is 0 Å². The molecule has 176 valence electrons. The lowest BCUT2D eigenvalue weighted by Crippen LogP contribution is -2.32. The molecule has 1 heterocycles. The predicted octanol–water partition coefficient (Wildman–Crippen LogP) is 3.87. The molecular weight excluding hydrogens is 474 g/mol. The van der Waals surface area contributed by atoms with E-state index in [4.69, 9.17) is 11.6 Å². The fraction of sp³-hybridized carbons (Fsp3) is 0.0400. The molecule has 3 aromatic carbocycles. The molecule has 3 amide bonds. The number of aromatic hydroxyl groups is 1. The average molecular weight is 492 g/mol. The fourth-order valence-electron chi connectivity index (χ4n) is 3.41. The van der Waals surface area contributed by atoms with Crippen LogP contribution in [0.3, 0.4) is 0 Å². The zero-order valence-electron chi connectivity index (χ0n) is 18.2. The first-order chi connectivity index (χ1) is 16.8. The molecule has 10 heteroatoms. The number of hydrogen-bond donors (Lipinski definition) is 3. The van der Waals surface area contributed by atoms with Crippen LogP contribution < -0.4 is 15.5 Å².